The molecule has 0 spiro atoms. The van der Waals surface area contributed by atoms with Gasteiger partial charge in [-0.15, -0.1) is 0 Å². The molecule has 0 N–H and O–H groups in total. The SMILES string of the molecule is CCCC1OC2=Cc3ccccc3C2O1. The third kappa shape index (κ3) is 1.37. The van der Waals surface area contributed by atoms with Crippen molar-refractivity contribution in [3.8, 4) is 0 Å². The highest BCUT2D eigenvalue weighted by molar-refractivity contribution is 5.64. The first kappa shape index (κ1) is 8.98. The number of benzene rings is 1. The van der Waals surface area contributed by atoms with Crippen LogP contribution in [-0.2, 0) is 9.47 Å². The lowest BCUT2D eigenvalue weighted by atomic mass is 10.1. The van der Waals surface area contributed by atoms with Crippen LogP contribution in [-0.4, -0.2) is 6.29 Å². The Hall–Kier alpha value is -1.28. The van der Waals surface area contributed by atoms with Crippen LogP contribution in [0.15, 0.2) is 30.0 Å². The number of hydrogen-bond donors (Lipinski definition) is 0. The molecule has 2 heteroatoms. The van der Waals surface area contributed by atoms with Gasteiger partial charge in [-0.05, 0) is 17.2 Å². The lowest BCUT2D eigenvalue weighted by molar-refractivity contribution is -0.0585. The van der Waals surface area contributed by atoms with Crippen molar-refractivity contribution in [1.29, 1.82) is 0 Å². The lowest BCUT2D eigenvalue weighted by Crippen LogP contribution is -2.07. The van der Waals surface area contributed by atoms with Crippen LogP contribution in [0.5, 0.6) is 0 Å². The normalized spacial score (nSPS) is 26.9. The second-order valence-electron chi connectivity index (χ2n) is 4.03. The topological polar surface area (TPSA) is 18.5 Å². The summed E-state index contributed by atoms with van der Waals surface area (Å²) in [4.78, 5) is 0. The Morgan fingerprint density at radius 2 is 2.13 bits per heavy atom. The highest BCUT2D eigenvalue weighted by Gasteiger charge is 2.36. The molecular formula is C13H14O2. The minimum absolute atomic E-state index is 0.0420. The molecule has 1 aromatic rings. The molecule has 0 radical (unpaired) electrons. The van der Waals surface area contributed by atoms with Gasteiger partial charge in [0.25, 0.3) is 0 Å². The summed E-state index contributed by atoms with van der Waals surface area (Å²) in [5.74, 6) is 0.981. The Kier molecular flexibility index (Phi) is 2.03. The maximum atomic E-state index is 5.86. The van der Waals surface area contributed by atoms with Crippen LogP contribution in [0.2, 0.25) is 0 Å². The molecule has 1 aliphatic carbocycles. The zero-order valence-corrected chi connectivity index (χ0v) is 8.77. The summed E-state index contributed by atoms with van der Waals surface area (Å²) in [6.07, 6.45) is 4.16. The predicted octanol–water partition coefficient (Wildman–Crippen LogP) is 3.26. The molecule has 1 aromatic carbocycles. The summed E-state index contributed by atoms with van der Waals surface area (Å²) in [5.41, 5.74) is 2.47. The van der Waals surface area contributed by atoms with Crippen molar-refractivity contribution in [2.24, 2.45) is 0 Å². The van der Waals surface area contributed by atoms with E-state index in [4.69, 9.17) is 9.47 Å². The van der Waals surface area contributed by atoms with E-state index in [1.807, 2.05) is 12.1 Å². The first-order valence-corrected chi connectivity index (χ1v) is 5.51. The molecule has 2 atom stereocenters. The van der Waals surface area contributed by atoms with Crippen molar-refractivity contribution >= 4 is 6.08 Å². The van der Waals surface area contributed by atoms with Crippen molar-refractivity contribution in [2.75, 3.05) is 0 Å². The molecule has 2 aliphatic rings. The van der Waals surface area contributed by atoms with Gasteiger partial charge < -0.3 is 9.47 Å². The summed E-state index contributed by atoms with van der Waals surface area (Å²) in [7, 11) is 0. The average molecular weight is 202 g/mol. The Bertz CT molecular complexity index is 409. The van der Waals surface area contributed by atoms with Gasteiger partial charge in [-0.1, -0.05) is 37.6 Å². The van der Waals surface area contributed by atoms with Gasteiger partial charge >= 0.3 is 0 Å². The van der Waals surface area contributed by atoms with E-state index in [1.165, 1.54) is 11.1 Å². The number of hydrogen-bond acceptors (Lipinski definition) is 2. The van der Waals surface area contributed by atoms with Gasteiger partial charge in [-0.2, -0.15) is 0 Å². The van der Waals surface area contributed by atoms with Crippen LogP contribution in [0.1, 0.15) is 37.0 Å². The second-order valence-corrected chi connectivity index (χ2v) is 4.03. The minimum atomic E-state index is -0.0420. The van der Waals surface area contributed by atoms with Gasteiger partial charge in [0.05, 0.1) is 0 Å². The first-order valence-electron chi connectivity index (χ1n) is 5.51. The summed E-state index contributed by atoms with van der Waals surface area (Å²) in [6, 6.07) is 8.30. The van der Waals surface area contributed by atoms with E-state index in [0.717, 1.165) is 18.6 Å². The van der Waals surface area contributed by atoms with Crippen molar-refractivity contribution in [2.45, 2.75) is 32.2 Å². The van der Waals surface area contributed by atoms with Gasteiger partial charge in [0, 0.05) is 6.42 Å². The molecule has 0 aromatic heterocycles. The van der Waals surface area contributed by atoms with Crippen molar-refractivity contribution in [3.05, 3.63) is 41.2 Å². The zero-order valence-electron chi connectivity index (χ0n) is 8.77. The van der Waals surface area contributed by atoms with Crippen LogP contribution in [0.4, 0.5) is 0 Å². The van der Waals surface area contributed by atoms with Crippen LogP contribution >= 0.6 is 0 Å². The van der Waals surface area contributed by atoms with Crippen LogP contribution in [0.25, 0.3) is 6.08 Å². The quantitative estimate of drug-likeness (QED) is 0.732. The van der Waals surface area contributed by atoms with Gasteiger partial charge in [0.15, 0.2) is 0 Å². The van der Waals surface area contributed by atoms with Gasteiger partial charge in [-0.25, -0.2) is 0 Å². The predicted molar refractivity (Wildman–Crippen MR) is 58.0 cm³/mol. The number of rotatable bonds is 2. The van der Waals surface area contributed by atoms with E-state index >= 15 is 0 Å². The maximum absolute atomic E-state index is 5.86. The number of ether oxygens (including phenoxy) is 2. The van der Waals surface area contributed by atoms with Crippen molar-refractivity contribution < 1.29 is 9.47 Å². The Morgan fingerprint density at radius 1 is 1.27 bits per heavy atom. The third-order valence-corrected chi connectivity index (χ3v) is 2.91. The Labute approximate surface area is 89.5 Å². The molecule has 1 fully saturated rings. The standard InChI is InChI=1S/C13H14O2/c1-2-5-12-14-11-8-9-6-3-4-7-10(9)13(11)15-12/h3-4,6-8,12-13H,2,5H2,1H3. The number of fused-ring (bicyclic) bond motifs is 3. The molecule has 0 saturated carbocycles. The highest BCUT2D eigenvalue weighted by Crippen LogP contribution is 2.44. The summed E-state index contributed by atoms with van der Waals surface area (Å²) >= 11 is 0. The van der Waals surface area contributed by atoms with E-state index in [1.54, 1.807) is 0 Å². The Morgan fingerprint density at radius 3 is 3.00 bits per heavy atom. The maximum Gasteiger partial charge on any atom is 0.200 e. The molecule has 0 bridgehead atoms. The van der Waals surface area contributed by atoms with Crippen molar-refractivity contribution in [1.82, 2.24) is 0 Å². The smallest absolute Gasteiger partial charge is 0.200 e. The van der Waals surface area contributed by atoms with Gasteiger partial charge in [0.1, 0.15) is 11.9 Å². The molecule has 0 amide bonds. The fraction of sp³-hybridized carbons (Fsp3) is 0.385. The third-order valence-electron chi connectivity index (χ3n) is 2.91. The molecule has 15 heavy (non-hydrogen) atoms. The second kappa shape index (κ2) is 3.38. The van der Waals surface area contributed by atoms with Crippen LogP contribution in [0, 0.1) is 0 Å². The van der Waals surface area contributed by atoms with Crippen LogP contribution < -0.4 is 0 Å². The zero-order chi connectivity index (χ0) is 10.3. The molecule has 3 rings (SSSR count). The fourth-order valence-corrected chi connectivity index (χ4v) is 2.19. The summed E-state index contributed by atoms with van der Waals surface area (Å²) in [6.45, 7) is 2.14. The van der Waals surface area contributed by atoms with E-state index in [-0.39, 0.29) is 12.4 Å². The van der Waals surface area contributed by atoms with Gasteiger partial charge in [-0.3, -0.25) is 0 Å². The molecular weight excluding hydrogens is 188 g/mol. The van der Waals surface area contributed by atoms with Gasteiger partial charge in [0.2, 0.25) is 6.29 Å². The Balaban J connectivity index is 1.88. The summed E-state index contributed by atoms with van der Waals surface area (Å²) in [5, 5.41) is 0. The molecule has 1 heterocycles. The monoisotopic (exact) mass is 202 g/mol. The molecule has 1 aliphatic heterocycles. The lowest BCUT2D eigenvalue weighted by Gasteiger charge is -2.09. The largest absolute Gasteiger partial charge is 0.466 e. The molecule has 2 nitrogen and oxygen atoms in total. The van der Waals surface area contributed by atoms with E-state index in [0.29, 0.717) is 0 Å². The molecule has 1 saturated heterocycles. The first-order chi connectivity index (χ1) is 7.38. The van der Waals surface area contributed by atoms with Crippen molar-refractivity contribution in [3.63, 3.8) is 0 Å². The summed E-state index contributed by atoms with van der Waals surface area (Å²) < 4.78 is 11.6. The minimum Gasteiger partial charge on any atom is -0.466 e. The molecule has 2 unspecified atom stereocenters. The highest BCUT2D eigenvalue weighted by atomic mass is 16.7. The average Bonchev–Trinajstić information content (AvgIpc) is 2.75. The van der Waals surface area contributed by atoms with E-state index < -0.39 is 0 Å². The van der Waals surface area contributed by atoms with E-state index in [2.05, 4.69) is 25.1 Å². The van der Waals surface area contributed by atoms with Crippen LogP contribution in [0.3, 0.4) is 0 Å². The fourth-order valence-electron chi connectivity index (χ4n) is 2.19. The molecule has 78 valence electrons. The van der Waals surface area contributed by atoms with E-state index in [9.17, 15) is 0 Å².